The van der Waals surface area contributed by atoms with Crippen LogP contribution in [0.25, 0.3) is 66.8 Å². The van der Waals surface area contributed by atoms with Crippen molar-refractivity contribution in [2.24, 2.45) is 14.1 Å². The van der Waals surface area contributed by atoms with E-state index in [0.29, 0.717) is 0 Å². The Labute approximate surface area is 301 Å². The summed E-state index contributed by atoms with van der Waals surface area (Å²) in [6.45, 7) is 0. The fraction of sp³-hybridized carbons (Fsp3) is 0.0588. The summed E-state index contributed by atoms with van der Waals surface area (Å²) >= 11 is 0. The number of nitrogens with zero attached hydrogens (tertiary/aromatic N) is 10. The minimum atomic E-state index is 0. The molecule has 0 radical (unpaired) electrons. The van der Waals surface area contributed by atoms with E-state index >= 15 is 0 Å². The Morgan fingerprint density at radius 2 is 1.04 bits per heavy atom. The second kappa shape index (κ2) is 12.4. The fourth-order valence-corrected chi connectivity index (χ4v) is 5.70. The molecule has 12 nitrogen and oxygen atoms in total. The molecule has 2 aromatic carbocycles. The van der Waals surface area contributed by atoms with E-state index in [0.717, 1.165) is 66.8 Å². The standard InChI is InChI=1S/2C17H11N5O.2Pt/c1-20-7-8-22(11-20)13-4-2-3-12-15(13)19-16-14(9-23-17(12)16)21-6-5-18-10-21;1-20-7-8-22(11-20)14-9-23-17-12-3-2-4-13(15(12)19-16(14)17)21-6-5-18-10-21;;/h2*2-9H,1H3;;/q2*-2;;. The maximum absolute atomic E-state index is 5.79. The van der Waals surface area contributed by atoms with E-state index in [1.807, 2.05) is 111 Å². The SMILES string of the molecule is C[n+]1[c-]n(-c2cccc3c2[n-]c2c(-n4[c-]ncc4)coc23)cc1.C[n+]1[c-]n(-c2coc3c2[n-]c2c(-n4[c-]ncc4)cccc23)cc1.[Pt].[Pt]. The van der Waals surface area contributed by atoms with Crippen LogP contribution in [0.3, 0.4) is 0 Å². The Morgan fingerprint density at radius 1 is 0.583 bits per heavy atom. The van der Waals surface area contributed by atoms with E-state index in [9.17, 15) is 0 Å². The topological polar surface area (TPSA) is 108 Å². The van der Waals surface area contributed by atoms with Gasteiger partial charge >= 0.3 is 0 Å². The molecule has 0 aliphatic rings. The number of furan rings is 2. The molecule has 48 heavy (non-hydrogen) atoms. The van der Waals surface area contributed by atoms with Gasteiger partial charge in [0.25, 0.3) is 0 Å². The molecule has 0 N–H and O–H groups in total. The summed E-state index contributed by atoms with van der Waals surface area (Å²) in [5.41, 5.74) is 8.54. The molecular weight excluding hydrogens is 971 g/mol. The number of hydrogen-bond acceptors (Lipinski definition) is 4. The largest absolute Gasteiger partial charge is 0.665 e. The molecule has 0 bridgehead atoms. The van der Waals surface area contributed by atoms with E-state index in [-0.39, 0.29) is 42.1 Å². The van der Waals surface area contributed by atoms with Crippen LogP contribution in [0.5, 0.6) is 0 Å². The summed E-state index contributed by atoms with van der Waals surface area (Å²) < 4.78 is 22.7. The number of aromatic nitrogens is 10. The van der Waals surface area contributed by atoms with Gasteiger partial charge in [0.15, 0.2) is 0 Å². The molecule has 0 spiro atoms. The number of aryl methyl sites for hydroxylation is 2. The maximum Gasteiger partial charge on any atom is 0.243 e. The number of imidazole rings is 4. The van der Waals surface area contributed by atoms with Crippen molar-refractivity contribution in [2.45, 2.75) is 0 Å². The first kappa shape index (κ1) is 31.4. The van der Waals surface area contributed by atoms with Crippen molar-refractivity contribution in [2.75, 3.05) is 0 Å². The van der Waals surface area contributed by atoms with Crippen LogP contribution in [0.15, 0.2) is 107 Å². The fourth-order valence-electron chi connectivity index (χ4n) is 5.70. The zero-order valence-electron chi connectivity index (χ0n) is 25.2. The van der Waals surface area contributed by atoms with Crippen LogP contribution in [0.4, 0.5) is 0 Å². The van der Waals surface area contributed by atoms with Gasteiger partial charge in [-0.25, -0.2) is 0 Å². The monoisotopic (exact) mass is 992 g/mol. The van der Waals surface area contributed by atoms with Crippen LogP contribution in [0, 0.1) is 25.3 Å². The van der Waals surface area contributed by atoms with Gasteiger partial charge in [0, 0.05) is 85.3 Å². The molecule has 10 aromatic rings. The van der Waals surface area contributed by atoms with Gasteiger partial charge in [0.2, 0.25) is 12.7 Å². The Hall–Kier alpha value is -5.18. The quantitative estimate of drug-likeness (QED) is 0.196. The van der Waals surface area contributed by atoms with E-state index in [1.165, 1.54) is 0 Å². The van der Waals surface area contributed by atoms with Gasteiger partial charge < -0.3 is 56.2 Å². The first-order chi connectivity index (χ1) is 22.6. The minimum absolute atomic E-state index is 0. The first-order valence-corrected chi connectivity index (χ1v) is 14.3. The van der Waals surface area contributed by atoms with Gasteiger partial charge in [-0.15, -0.1) is 16.6 Å². The molecule has 0 atom stereocenters. The zero-order valence-corrected chi connectivity index (χ0v) is 29.7. The predicted molar refractivity (Wildman–Crippen MR) is 165 cm³/mol. The number of hydrogen-bond donors (Lipinski definition) is 0. The van der Waals surface area contributed by atoms with Crippen LogP contribution in [-0.4, -0.2) is 28.2 Å². The third kappa shape index (κ3) is 5.08. The molecule has 0 unspecified atom stereocenters. The molecule has 10 rings (SSSR count). The zero-order chi connectivity index (χ0) is 30.8. The molecule has 0 saturated carbocycles. The smallest absolute Gasteiger partial charge is 0.243 e. The Morgan fingerprint density at radius 3 is 1.50 bits per heavy atom. The van der Waals surface area contributed by atoms with Crippen molar-refractivity contribution in [1.29, 1.82) is 0 Å². The summed E-state index contributed by atoms with van der Waals surface area (Å²) in [6, 6.07) is 12.0. The minimum Gasteiger partial charge on any atom is -0.665 e. The number of para-hydroxylation sites is 2. The first-order valence-electron chi connectivity index (χ1n) is 14.3. The normalized spacial score (nSPS) is 11.2. The molecule has 0 saturated heterocycles. The van der Waals surface area contributed by atoms with E-state index in [4.69, 9.17) is 18.8 Å². The average molecular weight is 993 g/mol. The molecule has 0 aliphatic heterocycles. The number of rotatable bonds is 4. The van der Waals surface area contributed by atoms with Crippen molar-refractivity contribution in [1.82, 2.24) is 38.2 Å². The second-order valence-corrected chi connectivity index (χ2v) is 10.7. The summed E-state index contributed by atoms with van der Waals surface area (Å²) in [6.07, 6.45) is 30.4. The van der Waals surface area contributed by atoms with Crippen molar-refractivity contribution in [3.8, 4) is 22.7 Å². The van der Waals surface area contributed by atoms with Gasteiger partial charge in [-0.2, -0.15) is 0 Å². The van der Waals surface area contributed by atoms with Crippen molar-refractivity contribution in [3.63, 3.8) is 0 Å². The van der Waals surface area contributed by atoms with Gasteiger partial charge in [-0.3, -0.25) is 0 Å². The second-order valence-electron chi connectivity index (χ2n) is 10.7. The molecule has 0 fully saturated rings. The van der Waals surface area contributed by atoms with E-state index < -0.39 is 0 Å². The van der Waals surface area contributed by atoms with Crippen molar-refractivity contribution in [3.05, 3.63) is 124 Å². The molecule has 0 amide bonds. The Kier molecular flexibility index (Phi) is 8.15. The molecule has 14 heteroatoms. The average Bonchev–Trinajstić information content (AvgIpc) is 3.88. The van der Waals surface area contributed by atoms with Crippen LogP contribution in [0.2, 0.25) is 0 Å². The van der Waals surface area contributed by atoms with Crippen LogP contribution < -0.4 is 19.1 Å². The van der Waals surface area contributed by atoms with Gasteiger partial charge in [0.1, 0.15) is 11.2 Å². The summed E-state index contributed by atoms with van der Waals surface area (Å²) in [7, 11) is 3.86. The van der Waals surface area contributed by atoms with E-state index in [2.05, 4.69) is 35.3 Å². The number of benzene rings is 2. The van der Waals surface area contributed by atoms with Crippen LogP contribution >= 0.6 is 0 Å². The van der Waals surface area contributed by atoms with Gasteiger partial charge in [0.05, 0.1) is 32.3 Å². The molecular formula is C34H22N10O2Pt2-4. The molecule has 244 valence electrons. The maximum atomic E-state index is 5.79. The predicted octanol–water partition coefficient (Wildman–Crippen LogP) is 3.88. The van der Waals surface area contributed by atoms with Crippen LogP contribution in [0.1, 0.15) is 0 Å². The van der Waals surface area contributed by atoms with E-state index in [1.54, 1.807) is 29.5 Å². The summed E-state index contributed by atoms with van der Waals surface area (Å²) in [5, 5.41) is 1.95. The summed E-state index contributed by atoms with van der Waals surface area (Å²) in [4.78, 5) is 17.6. The molecule has 0 aliphatic carbocycles. The van der Waals surface area contributed by atoms with Crippen molar-refractivity contribution >= 4 is 44.0 Å². The third-order valence-corrected chi connectivity index (χ3v) is 7.82. The Bertz CT molecular complexity index is 2630. The van der Waals surface area contributed by atoms with Crippen LogP contribution in [-0.2, 0) is 56.2 Å². The molecule has 8 aromatic heterocycles. The number of fused-ring (bicyclic) bond motifs is 6. The Balaban J connectivity index is 0.000000146. The molecule has 8 heterocycles. The third-order valence-electron chi connectivity index (χ3n) is 7.82. The van der Waals surface area contributed by atoms with Crippen molar-refractivity contribution < 1.29 is 60.1 Å². The summed E-state index contributed by atoms with van der Waals surface area (Å²) in [5.74, 6) is 0. The van der Waals surface area contributed by atoms with Gasteiger partial charge in [-0.1, -0.05) is 66.7 Å². The van der Waals surface area contributed by atoms with Gasteiger partial charge in [-0.05, 0) is 22.1 Å².